The third-order valence-corrected chi connectivity index (χ3v) is 6.10. The van der Waals surface area contributed by atoms with E-state index in [2.05, 4.69) is 28.5 Å². The number of nitrogens with one attached hydrogen (secondary N) is 2. The first-order chi connectivity index (χ1) is 13.2. The van der Waals surface area contributed by atoms with E-state index in [1.807, 2.05) is 18.3 Å². The van der Waals surface area contributed by atoms with E-state index in [4.69, 9.17) is 9.47 Å². The van der Waals surface area contributed by atoms with E-state index in [9.17, 15) is 4.79 Å². The van der Waals surface area contributed by atoms with Crippen molar-refractivity contribution in [1.29, 1.82) is 0 Å². The zero-order valence-corrected chi connectivity index (χ0v) is 15.5. The molecule has 2 aliphatic carbocycles. The Hall–Kier alpha value is -2.50. The summed E-state index contributed by atoms with van der Waals surface area (Å²) < 4.78 is 11.4. The Morgan fingerprint density at radius 3 is 2.85 bits per heavy atom. The lowest BCUT2D eigenvalue weighted by atomic mass is 9.78. The van der Waals surface area contributed by atoms with Gasteiger partial charge in [-0.3, -0.25) is 9.89 Å². The number of hydrogen-bond donors (Lipinski definition) is 2. The van der Waals surface area contributed by atoms with E-state index < -0.39 is 0 Å². The van der Waals surface area contributed by atoms with Gasteiger partial charge in [-0.2, -0.15) is 5.10 Å². The molecule has 1 amide bonds. The number of benzene rings is 1. The predicted octanol–water partition coefficient (Wildman–Crippen LogP) is 3.11. The molecule has 2 aromatic rings. The summed E-state index contributed by atoms with van der Waals surface area (Å²) in [6, 6.07) is 6.08. The van der Waals surface area contributed by atoms with Crippen molar-refractivity contribution in [1.82, 2.24) is 15.5 Å². The maximum Gasteiger partial charge on any atom is 0.228 e. The number of ether oxygens (including phenoxy) is 2. The summed E-state index contributed by atoms with van der Waals surface area (Å²) in [7, 11) is 0. The molecule has 0 saturated heterocycles. The number of nitrogens with zero attached hydrogens (tertiary/aromatic N) is 1. The van der Waals surface area contributed by atoms with E-state index in [1.54, 1.807) is 0 Å². The normalized spacial score (nSPS) is 24.8. The van der Waals surface area contributed by atoms with Crippen LogP contribution in [0.5, 0.6) is 11.5 Å². The van der Waals surface area contributed by atoms with Crippen LogP contribution < -0.4 is 14.8 Å². The van der Waals surface area contributed by atoms with Gasteiger partial charge in [-0.1, -0.05) is 13.0 Å². The largest absolute Gasteiger partial charge is 0.486 e. The summed E-state index contributed by atoms with van der Waals surface area (Å²) in [6.07, 6.45) is 6.10. The van der Waals surface area contributed by atoms with Gasteiger partial charge in [0.1, 0.15) is 13.2 Å². The highest BCUT2D eigenvalue weighted by Gasteiger charge is 2.38. The van der Waals surface area contributed by atoms with Crippen LogP contribution in [0.25, 0.3) is 0 Å². The van der Waals surface area contributed by atoms with Crippen LogP contribution in [0.3, 0.4) is 0 Å². The Labute approximate surface area is 158 Å². The van der Waals surface area contributed by atoms with E-state index in [1.165, 1.54) is 0 Å². The van der Waals surface area contributed by atoms with Gasteiger partial charge in [0, 0.05) is 11.3 Å². The molecule has 27 heavy (non-hydrogen) atoms. The van der Waals surface area contributed by atoms with E-state index >= 15 is 0 Å². The molecule has 1 aliphatic heterocycles. The summed E-state index contributed by atoms with van der Waals surface area (Å²) in [6.45, 7) is 3.32. The van der Waals surface area contributed by atoms with Crippen molar-refractivity contribution < 1.29 is 14.3 Å². The molecule has 6 heteroatoms. The van der Waals surface area contributed by atoms with Gasteiger partial charge in [0.15, 0.2) is 11.5 Å². The first-order valence-electron chi connectivity index (χ1n) is 9.93. The first-order valence-corrected chi connectivity index (χ1v) is 9.93. The van der Waals surface area contributed by atoms with Crippen LogP contribution >= 0.6 is 0 Å². The second kappa shape index (κ2) is 6.59. The maximum atomic E-state index is 13.3. The molecule has 1 aromatic heterocycles. The van der Waals surface area contributed by atoms with Crippen molar-refractivity contribution in [3.8, 4) is 11.5 Å². The Balaban J connectivity index is 1.40. The maximum absolute atomic E-state index is 13.3. The monoisotopic (exact) mass is 367 g/mol. The van der Waals surface area contributed by atoms with Crippen LogP contribution in [0.2, 0.25) is 0 Å². The quantitative estimate of drug-likeness (QED) is 0.871. The van der Waals surface area contributed by atoms with Gasteiger partial charge in [0.25, 0.3) is 0 Å². The highest BCUT2D eigenvalue weighted by Crippen LogP contribution is 2.44. The van der Waals surface area contributed by atoms with Gasteiger partial charge in [0.2, 0.25) is 5.91 Å². The van der Waals surface area contributed by atoms with E-state index in [0.717, 1.165) is 54.0 Å². The zero-order chi connectivity index (χ0) is 18.4. The lowest BCUT2D eigenvalue weighted by Gasteiger charge is -2.30. The molecule has 0 spiro atoms. The second-order valence-electron chi connectivity index (χ2n) is 8.02. The number of fused-ring (bicyclic) bond motifs is 2. The van der Waals surface area contributed by atoms with Gasteiger partial charge < -0.3 is 14.8 Å². The second-order valence-corrected chi connectivity index (χ2v) is 8.02. The minimum absolute atomic E-state index is 0.0257. The standard InChI is InChI=1S/C21H25N3O3/c1-12-2-6-16-15(11-22-24-16)19(12)21(25)23-20(13-3-4-13)14-5-7-17-18(10-14)27-9-8-26-17/h5,7,10-13,19-20H,2-4,6,8-9H2,1H3,(H,22,24)(H,23,25). The molecule has 0 radical (unpaired) electrons. The minimum Gasteiger partial charge on any atom is -0.486 e. The van der Waals surface area contributed by atoms with E-state index in [-0.39, 0.29) is 17.9 Å². The molecule has 3 aliphatic rings. The van der Waals surface area contributed by atoms with Crippen molar-refractivity contribution in [2.75, 3.05) is 13.2 Å². The van der Waals surface area contributed by atoms with Gasteiger partial charge >= 0.3 is 0 Å². The fourth-order valence-electron chi connectivity index (χ4n) is 4.43. The molecular weight excluding hydrogens is 342 g/mol. The molecule has 2 N–H and O–H groups in total. The Bertz CT molecular complexity index is 858. The van der Waals surface area contributed by atoms with Crippen LogP contribution in [0, 0.1) is 11.8 Å². The Morgan fingerprint density at radius 1 is 1.22 bits per heavy atom. The average molecular weight is 367 g/mol. The van der Waals surface area contributed by atoms with E-state index in [0.29, 0.717) is 25.0 Å². The number of rotatable bonds is 4. The summed E-state index contributed by atoms with van der Waals surface area (Å²) in [5.41, 5.74) is 3.27. The lowest BCUT2D eigenvalue weighted by Crippen LogP contribution is -2.38. The molecule has 2 heterocycles. The number of amides is 1. The summed E-state index contributed by atoms with van der Waals surface area (Å²) in [5, 5.41) is 10.6. The van der Waals surface area contributed by atoms with Gasteiger partial charge in [0.05, 0.1) is 18.2 Å². The molecule has 6 nitrogen and oxygen atoms in total. The number of H-pyrrole nitrogens is 1. The zero-order valence-electron chi connectivity index (χ0n) is 15.5. The Kier molecular flexibility index (Phi) is 4.06. The molecule has 3 unspecified atom stereocenters. The van der Waals surface area contributed by atoms with Crippen LogP contribution in [0.1, 0.15) is 55.0 Å². The van der Waals surface area contributed by atoms with Crippen molar-refractivity contribution in [3.05, 3.63) is 41.2 Å². The van der Waals surface area contributed by atoms with Crippen LogP contribution in [-0.2, 0) is 11.2 Å². The van der Waals surface area contributed by atoms with Gasteiger partial charge in [-0.15, -0.1) is 0 Å². The summed E-state index contributed by atoms with van der Waals surface area (Å²) >= 11 is 0. The molecule has 0 bridgehead atoms. The van der Waals surface area contributed by atoms with Crippen molar-refractivity contribution in [3.63, 3.8) is 0 Å². The first kappa shape index (κ1) is 16.7. The fourth-order valence-corrected chi connectivity index (χ4v) is 4.43. The van der Waals surface area contributed by atoms with Crippen molar-refractivity contribution in [2.45, 2.75) is 44.6 Å². The minimum atomic E-state index is -0.133. The molecule has 142 valence electrons. The molecule has 3 atom stereocenters. The molecular formula is C21H25N3O3. The van der Waals surface area contributed by atoms with Crippen LogP contribution in [-0.4, -0.2) is 29.3 Å². The summed E-state index contributed by atoms with van der Waals surface area (Å²) in [4.78, 5) is 13.3. The van der Waals surface area contributed by atoms with Crippen LogP contribution in [0.4, 0.5) is 0 Å². The topological polar surface area (TPSA) is 76.2 Å². The predicted molar refractivity (Wildman–Crippen MR) is 99.9 cm³/mol. The van der Waals surface area contributed by atoms with Crippen molar-refractivity contribution in [2.24, 2.45) is 11.8 Å². The summed E-state index contributed by atoms with van der Waals surface area (Å²) in [5.74, 6) is 2.36. The van der Waals surface area contributed by atoms with Gasteiger partial charge in [-0.25, -0.2) is 0 Å². The smallest absolute Gasteiger partial charge is 0.228 e. The SMILES string of the molecule is CC1CCc2[nH]ncc2C1C(=O)NC(c1ccc2c(c1)OCCO2)C1CC1. The number of hydrogen-bond acceptors (Lipinski definition) is 4. The third-order valence-electron chi connectivity index (χ3n) is 6.10. The fraction of sp³-hybridized carbons (Fsp3) is 0.524. The van der Waals surface area contributed by atoms with Gasteiger partial charge in [-0.05, 0) is 55.2 Å². The number of aromatic nitrogens is 2. The number of carbonyl (C=O) groups excluding carboxylic acids is 1. The molecule has 1 fully saturated rings. The highest BCUT2D eigenvalue weighted by molar-refractivity contribution is 5.85. The number of carbonyl (C=O) groups is 1. The van der Waals surface area contributed by atoms with Crippen LogP contribution in [0.15, 0.2) is 24.4 Å². The number of aromatic amines is 1. The highest BCUT2D eigenvalue weighted by atomic mass is 16.6. The average Bonchev–Trinajstić information content (AvgIpc) is 3.42. The van der Waals surface area contributed by atoms with Crippen molar-refractivity contribution >= 4 is 5.91 Å². The molecule has 5 rings (SSSR count). The third kappa shape index (κ3) is 3.07. The Morgan fingerprint density at radius 2 is 2.04 bits per heavy atom. The lowest BCUT2D eigenvalue weighted by molar-refractivity contribution is -0.124. The molecule has 1 aromatic carbocycles. The number of aryl methyl sites for hydroxylation is 1. The molecule has 1 saturated carbocycles.